The van der Waals surface area contributed by atoms with Crippen molar-refractivity contribution in [3.8, 4) is 0 Å². The van der Waals surface area contributed by atoms with Gasteiger partial charge in [0.25, 0.3) is 0 Å². The van der Waals surface area contributed by atoms with E-state index in [0.717, 1.165) is 18.2 Å². The van der Waals surface area contributed by atoms with Crippen LogP contribution in [0.3, 0.4) is 0 Å². The predicted molar refractivity (Wildman–Crippen MR) is 40.7 cm³/mol. The van der Waals surface area contributed by atoms with E-state index in [-0.39, 0.29) is 5.56 Å². The van der Waals surface area contributed by atoms with Gasteiger partial charge in [-0.25, -0.2) is 13.6 Å². The number of benzene rings is 1. The maximum absolute atomic E-state index is 12.5. The molecule has 0 aliphatic heterocycles. The van der Waals surface area contributed by atoms with Crippen molar-refractivity contribution in [2.45, 2.75) is 0 Å². The third-order valence-electron chi connectivity index (χ3n) is 1.23. The summed E-state index contributed by atoms with van der Waals surface area (Å²) >= 11 is 2.43. The van der Waals surface area contributed by atoms with Crippen LogP contribution in [0.15, 0.2) is 18.2 Å². The van der Waals surface area contributed by atoms with Crippen LogP contribution in [0.5, 0.6) is 0 Å². The second-order valence-corrected chi connectivity index (χ2v) is 2.32. The lowest BCUT2D eigenvalue weighted by atomic mass is 10.2. The molecule has 0 aliphatic carbocycles. The van der Waals surface area contributed by atoms with Gasteiger partial charge in [-0.3, -0.25) is 0 Å². The van der Waals surface area contributed by atoms with Crippen LogP contribution in [0.1, 0.15) is 10.4 Å². The summed E-state index contributed by atoms with van der Waals surface area (Å²) in [5.74, 6) is -2.85. The van der Waals surface area contributed by atoms with Gasteiger partial charge in [0, 0.05) is 0 Å². The summed E-state index contributed by atoms with van der Waals surface area (Å²) < 4.78 is 28.9. The maximum atomic E-state index is 12.5. The average molecular weight is 237 g/mol. The van der Waals surface area contributed by atoms with E-state index >= 15 is 0 Å². The Labute approximate surface area is 75.6 Å². The van der Waals surface area contributed by atoms with E-state index in [1.54, 1.807) is 0 Å². The molecule has 0 radical (unpaired) electrons. The molecule has 1 rings (SSSR count). The quantitative estimate of drug-likeness (QED) is 0.749. The predicted octanol–water partition coefficient (Wildman–Crippen LogP) is 2.43. The molecular weight excluding hydrogens is 234 g/mol. The zero-order chi connectivity index (χ0) is 9.14. The van der Waals surface area contributed by atoms with Crippen LogP contribution in [-0.2, 0) is 3.83 Å². The van der Waals surface area contributed by atoms with Crippen LogP contribution in [0.2, 0.25) is 0 Å². The zero-order valence-corrected chi connectivity index (χ0v) is 7.27. The van der Waals surface area contributed by atoms with Crippen LogP contribution in [0.4, 0.5) is 8.78 Å². The highest BCUT2D eigenvalue weighted by molar-refractivity contribution is 9.06. The molecule has 64 valence electrons. The Hall–Kier alpha value is -0.970. The number of hydrogen-bond acceptors (Lipinski definition) is 2. The summed E-state index contributed by atoms with van der Waals surface area (Å²) in [5.41, 5.74) is -0.0502. The molecular formula is C7H3BrF2O2. The SMILES string of the molecule is O=C(OBr)c1ccc(F)c(F)c1. The summed E-state index contributed by atoms with van der Waals surface area (Å²) in [6.45, 7) is 0. The standard InChI is InChI=1S/C7H3BrF2O2/c8-12-7(11)4-1-2-5(9)6(10)3-4/h1-3H. The molecule has 1 aromatic rings. The fourth-order valence-electron chi connectivity index (χ4n) is 0.668. The highest BCUT2D eigenvalue weighted by atomic mass is 79.9. The van der Waals surface area contributed by atoms with Gasteiger partial charge < -0.3 is 3.83 Å². The second kappa shape index (κ2) is 3.62. The Balaban J connectivity index is 3.05. The largest absolute Gasteiger partial charge is 0.380 e. The van der Waals surface area contributed by atoms with Crippen molar-refractivity contribution >= 4 is 22.2 Å². The minimum absolute atomic E-state index is 0.0502. The molecule has 0 heterocycles. The Morgan fingerprint density at radius 2 is 2.00 bits per heavy atom. The summed E-state index contributed by atoms with van der Waals surface area (Å²) in [4.78, 5) is 10.7. The first-order valence-corrected chi connectivity index (χ1v) is 3.58. The van der Waals surface area contributed by atoms with Gasteiger partial charge in [0.05, 0.1) is 5.56 Å². The van der Waals surface area contributed by atoms with Crippen molar-refractivity contribution < 1.29 is 17.4 Å². The molecule has 0 atom stereocenters. The maximum Gasteiger partial charge on any atom is 0.349 e. The Morgan fingerprint density at radius 1 is 1.33 bits per heavy atom. The molecule has 12 heavy (non-hydrogen) atoms. The van der Waals surface area contributed by atoms with Crippen molar-refractivity contribution in [2.24, 2.45) is 0 Å². The molecule has 0 bridgehead atoms. The van der Waals surface area contributed by atoms with Crippen molar-refractivity contribution in [3.05, 3.63) is 35.4 Å². The zero-order valence-electron chi connectivity index (χ0n) is 5.68. The van der Waals surface area contributed by atoms with Crippen molar-refractivity contribution in [1.82, 2.24) is 0 Å². The topological polar surface area (TPSA) is 26.3 Å². The highest BCUT2D eigenvalue weighted by Crippen LogP contribution is 2.10. The van der Waals surface area contributed by atoms with Gasteiger partial charge in [0.2, 0.25) is 0 Å². The van der Waals surface area contributed by atoms with Crippen molar-refractivity contribution in [1.29, 1.82) is 0 Å². The summed E-state index contributed by atoms with van der Waals surface area (Å²) in [7, 11) is 0. The van der Waals surface area contributed by atoms with Crippen LogP contribution in [-0.4, -0.2) is 5.97 Å². The van der Waals surface area contributed by atoms with Crippen LogP contribution in [0.25, 0.3) is 0 Å². The van der Waals surface area contributed by atoms with Gasteiger partial charge in [-0.1, -0.05) is 0 Å². The summed E-state index contributed by atoms with van der Waals surface area (Å²) in [5, 5.41) is 0. The molecule has 0 amide bonds. The molecule has 0 aromatic heterocycles. The number of halogens is 3. The first kappa shape index (κ1) is 9.12. The molecule has 0 spiro atoms. The molecule has 2 nitrogen and oxygen atoms in total. The fraction of sp³-hybridized carbons (Fsp3) is 0. The smallest absolute Gasteiger partial charge is 0.349 e. The lowest BCUT2D eigenvalue weighted by Gasteiger charge is -1.96. The molecule has 0 N–H and O–H groups in total. The highest BCUT2D eigenvalue weighted by Gasteiger charge is 2.09. The first-order chi connectivity index (χ1) is 5.65. The number of hydrogen-bond donors (Lipinski definition) is 0. The van der Waals surface area contributed by atoms with Crippen LogP contribution in [0, 0.1) is 11.6 Å². The third-order valence-corrected chi connectivity index (χ3v) is 1.52. The van der Waals surface area contributed by atoms with E-state index in [0.29, 0.717) is 0 Å². The number of carbonyl (C=O) groups excluding carboxylic acids is 1. The van der Waals surface area contributed by atoms with E-state index < -0.39 is 17.6 Å². The van der Waals surface area contributed by atoms with E-state index in [1.807, 2.05) is 0 Å². The first-order valence-electron chi connectivity index (χ1n) is 2.93. The lowest BCUT2D eigenvalue weighted by molar-refractivity contribution is 0.0781. The van der Waals surface area contributed by atoms with Crippen molar-refractivity contribution in [3.63, 3.8) is 0 Å². The van der Waals surface area contributed by atoms with Gasteiger partial charge in [0.1, 0.15) is 0 Å². The second-order valence-electron chi connectivity index (χ2n) is 1.99. The van der Waals surface area contributed by atoms with Gasteiger partial charge >= 0.3 is 5.97 Å². The Bertz CT molecular complexity index is 314. The summed E-state index contributed by atoms with van der Waals surface area (Å²) in [6.07, 6.45) is 0. The average Bonchev–Trinajstić information content (AvgIpc) is 2.08. The molecule has 0 aliphatic rings. The number of rotatable bonds is 1. The van der Waals surface area contributed by atoms with Crippen LogP contribution >= 0.6 is 16.3 Å². The minimum Gasteiger partial charge on any atom is -0.380 e. The van der Waals surface area contributed by atoms with Crippen molar-refractivity contribution in [2.75, 3.05) is 0 Å². The minimum atomic E-state index is -1.08. The third kappa shape index (κ3) is 1.79. The molecule has 1 aromatic carbocycles. The molecule has 0 saturated heterocycles. The van der Waals surface area contributed by atoms with E-state index in [2.05, 4.69) is 20.1 Å². The molecule has 0 unspecified atom stereocenters. The monoisotopic (exact) mass is 236 g/mol. The molecule has 0 saturated carbocycles. The molecule has 5 heteroatoms. The Kier molecular flexibility index (Phi) is 2.75. The van der Waals surface area contributed by atoms with E-state index in [4.69, 9.17) is 0 Å². The Morgan fingerprint density at radius 3 is 2.50 bits per heavy atom. The number of carbonyl (C=O) groups is 1. The van der Waals surface area contributed by atoms with Gasteiger partial charge in [-0.05, 0) is 18.2 Å². The van der Waals surface area contributed by atoms with E-state index in [1.165, 1.54) is 0 Å². The normalized spacial score (nSPS) is 9.58. The van der Waals surface area contributed by atoms with Crippen LogP contribution < -0.4 is 0 Å². The fourth-order valence-corrected chi connectivity index (χ4v) is 0.855. The van der Waals surface area contributed by atoms with Gasteiger partial charge in [-0.2, -0.15) is 0 Å². The van der Waals surface area contributed by atoms with E-state index in [9.17, 15) is 13.6 Å². The van der Waals surface area contributed by atoms with Gasteiger partial charge in [-0.15, -0.1) is 0 Å². The lowest BCUT2D eigenvalue weighted by Crippen LogP contribution is -1.99. The summed E-state index contributed by atoms with van der Waals surface area (Å²) in [6, 6.07) is 2.75. The van der Waals surface area contributed by atoms with Gasteiger partial charge in [0.15, 0.2) is 27.9 Å². The molecule has 0 fully saturated rings.